The van der Waals surface area contributed by atoms with Crippen LogP contribution in [0.2, 0.25) is 0 Å². The maximum atomic E-state index is 13.5. The number of rotatable bonds is 3. The minimum atomic E-state index is -0.791. The van der Waals surface area contributed by atoms with Crippen molar-refractivity contribution in [3.05, 3.63) is 29.8 Å². The second-order valence-electron chi connectivity index (χ2n) is 5.87. The van der Waals surface area contributed by atoms with Crippen LogP contribution >= 0.6 is 0 Å². The van der Waals surface area contributed by atoms with E-state index in [4.69, 9.17) is 0 Å². The van der Waals surface area contributed by atoms with Crippen molar-refractivity contribution in [3.8, 4) is 0 Å². The number of likely N-dealkylation sites (tertiary alicyclic amines) is 1. The van der Waals surface area contributed by atoms with Gasteiger partial charge in [-0.2, -0.15) is 0 Å². The second kappa shape index (κ2) is 6.85. The van der Waals surface area contributed by atoms with Crippen LogP contribution in [0.15, 0.2) is 18.2 Å². The fourth-order valence-corrected chi connectivity index (χ4v) is 2.55. The van der Waals surface area contributed by atoms with E-state index < -0.39 is 11.6 Å². The first kappa shape index (κ1) is 16.4. The quantitative estimate of drug-likeness (QED) is 0.933. The number of carbonyl (C=O) groups excluding carboxylic acids is 2. The Morgan fingerprint density at radius 3 is 2.41 bits per heavy atom. The molecule has 1 N–H and O–H groups in total. The Morgan fingerprint density at radius 1 is 1.23 bits per heavy atom. The van der Waals surface area contributed by atoms with Crippen LogP contribution in [-0.2, 0) is 9.59 Å². The highest BCUT2D eigenvalue weighted by molar-refractivity contribution is 5.92. The monoisotopic (exact) mass is 310 g/mol. The zero-order valence-electron chi connectivity index (χ0n) is 12.7. The van der Waals surface area contributed by atoms with Gasteiger partial charge in [0.25, 0.3) is 0 Å². The lowest BCUT2D eigenvalue weighted by molar-refractivity contribution is -0.137. The molecular formula is C16H20F2N2O2. The highest BCUT2D eigenvalue weighted by Crippen LogP contribution is 2.22. The Kier molecular flexibility index (Phi) is 5.11. The van der Waals surface area contributed by atoms with E-state index in [1.807, 2.05) is 13.8 Å². The molecule has 2 rings (SSSR count). The number of halogens is 2. The van der Waals surface area contributed by atoms with E-state index >= 15 is 0 Å². The summed E-state index contributed by atoms with van der Waals surface area (Å²) in [6.45, 7) is 4.75. The summed E-state index contributed by atoms with van der Waals surface area (Å²) in [6, 6.07) is 3.04. The number of carbonyl (C=O) groups is 2. The normalized spacial score (nSPS) is 16.0. The zero-order valence-corrected chi connectivity index (χ0v) is 12.7. The van der Waals surface area contributed by atoms with Crippen LogP contribution < -0.4 is 5.32 Å². The third-order valence-electron chi connectivity index (χ3n) is 3.86. The molecule has 22 heavy (non-hydrogen) atoms. The van der Waals surface area contributed by atoms with Gasteiger partial charge in [0.05, 0.1) is 5.69 Å². The summed E-state index contributed by atoms with van der Waals surface area (Å²) in [5, 5.41) is 2.49. The maximum absolute atomic E-state index is 13.5. The van der Waals surface area contributed by atoms with Crippen LogP contribution in [0.4, 0.5) is 14.5 Å². The van der Waals surface area contributed by atoms with Crippen LogP contribution in [0, 0.1) is 23.5 Å². The number of hydrogen-bond acceptors (Lipinski definition) is 2. The molecule has 0 radical (unpaired) electrons. The third kappa shape index (κ3) is 3.81. The first-order valence-electron chi connectivity index (χ1n) is 7.43. The Hall–Kier alpha value is -1.98. The fourth-order valence-electron chi connectivity index (χ4n) is 2.55. The van der Waals surface area contributed by atoms with Crippen LogP contribution in [0.3, 0.4) is 0 Å². The van der Waals surface area contributed by atoms with Crippen molar-refractivity contribution in [1.29, 1.82) is 0 Å². The van der Waals surface area contributed by atoms with Crippen molar-refractivity contribution >= 4 is 17.5 Å². The summed E-state index contributed by atoms with van der Waals surface area (Å²) in [6.07, 6.45) is 1.10. The molecule has 1 saturated heterocycles. The van der Waals surface area contributed by atoms with Gasteiger partial charge in [-0.1, -0.05) is 13.8 Å². The van der Waals surface area contributed by atoms with Gasteiger partial charge in [-0.15, -0.1) is 0 Å². The number of nitrogens with zero attached hydrogens (tertiary/aromatic N) is 1. The van der Waals surface area contributed by atoms with Gasteiger partial charge in [0, 0.05) is 31.0 Å². The van der Waals surface area contributed by atoms with Gasteiger partial charge in [0.2, 0.25) is 11.8 Å². The fraction of sp³-hybridized carbons (Fsp3) is 0.500. The van der Waals surface area contributed by atoms with E-state index in [2.05, 4.69) is 5.32 Å². The lowest BCUT2D eigenvalue weighted by Crippen LogP contribution is -2.43. The molecule has 0 bridgehead atoms. The molecule has 0 spiro atoms. The predicted molar refractivity (Wildman–Crippen MR) is 79.1 cm³/mol. The van der Waals surface area contributed by atoms with Crippen molar-refractivity contribution in [2.24, 2.45) is 11.8 Å². The Bertz CT molecular complexity index is 567. The molecule has 1 aromatic rings. The Morgan fingerprint density at radius 2 is 1.86 bits per heavy atom. The standard InChI is InChI=1S/C16H20F2N2O2/c1-10(2)16(22)20-7-5-11(6-8-20)15(21)19-14-4-3-12(17)9-13(14)18/h3-4,9-11H,5-8H2,1-2H3,(H,19,21). The summed E-state index contributed by atoms with van der Waals surface area (Å²) in [7, 11) is 0. The van der Waals surface area contributed by atoms with Crippen molar-refractivity contribution in [3.63, 3.8) is 0 Å². The summed E-state index contributed by atoms with van der Waals surface area (Å²) in [5.74, 6) is -2.00. The number of benzene rings is 1. The molecule has 1 heterocycles. The van der Waals surface area contributed by atoms with Gasteiger partial charge in [-0.05, 0) is 25.0 Å². The smallest absolute Gasteiger partial charge is 0.227 e. The van der Waals surface area contributed by atoms with E-state index in [9.17, 15) is 18.4 Å². The lowest BCUT2D eigenvalue weighted by atomic mass is 9.95. The Labute approximate surface area is 128 Å². The van der Waals surface area contributed by atoms with Gasteiger partial charge >= 0.3 is 0 Å². The van der Waals surface area contributed by atoms with Gasteiger partial charge < -0.3 is 10.2 Å². The van der Waals surface area contributed by atoms with Gasteiger partial charge in [-0.25, -0.2) is 8.78 Å². The number of anilines is 1. The summed E-state index contributed by atoms with van der Waals surface area (Å²) >= 11 is 0. The van der Waals surface area contributed by atoms with Crippen molar-refractivity contribution < 1.29 is 18.4 Å². The first-order chi connectivity index (χ1) is 10.4. The average molecular weight is 310 g/mol. The highest BCUT2D eigenvalue weighted by Gasteiger charge is 2.28. The van der Waals surface area contributed by atoms with Crippen molar-refractivity contribution in [2.45, 2.75) is 26.7 Å². The summed E-state index contributed by atoms with van der Waals surface area (Å²) in [5.41, 5.74) is -0.0212. The molecule has 1 aliphatic rings. The zero-order chi connectivity index (χ0) is 16.3. The molecule has 0 aliphatic carbocycles. The average Bonchev–Trinajstić information content (AvgIpc) is 2.49. The predicted octanol–water partition coefficient (Wildman–Crippen LogP) is 2.80. The summed E-state index contributed by atoms with van der Waals surface area (Å²) < 4.78 is 26.4. The minimum absolute atomic E-state index is 0.0212. The number of piperidine rings is 1. The van der Waals surface area contributed by atoms with Crippen molar-refractivity contribution in [2.75, 3.05) is 18.4 Å². The number of nitrogens with one attached hydrogen (secondary N) is 1. The van der Waals surface area contributed by atoms with E-state index in [1.54, 1.807) is 4.90 Å². The van der Waals surface area contributed by atoms with Crippen LogP contribution in [-0.4, -0.2) is 29.8 Å². The van der Waals surface area contributed by atoms with E-state index in [0.717, 1.165) is 12.1 Å². The maximum Gasteiger partial charge on any atom is 0.227 e. The number of amides is 2. The molecule has 2 amide bonds. The molecule has 1 aliphatic heterocycles. The second-order valence-corrected chi connectivity index (χ2v) is 5.87. The molecule has 4 nitrogen and oxygen atoms in total. The molecule has 6 heteroatoms. The SMILES string of the molecule is CC(C)C(=O)N1CCC(C(=O)Nc2ccc(F)cc2F)CC1. The van der Waals surface area contributed by atoms with E-state index in [1.165, 1.54) is 6.07 Å². The Balaban J connectivity index is 1.91. The molecule has 120 valence electrons. The molecule has 1 fully saturated rings. The van der Waals surface area contributed by atoms with E-state index in [-0.39, 0.29) is 29.3 Å². The summed E-state index contributed by atoms with van der Waals surface area (Å²) in [4.78, 5) is 25.8. The molecule has 0 atom stereocenters. The molecule has 1 aromatic carbocycles. The topological polar surface area (TPSA) is 49.4 Å². The highest BCUT2D eigenvalue weighted by atomic mass is 19.1. The largest absolute Gasteiger partial charge is 0.342 e. The third-order valence-corrected chi connectivity index (χ3v) is 3.86. The van der Waals surface area contributed by atoms with Crippen LogP contribution in [0.1, 0.15) is 26.7 Å². The molecule has 0 saturated carbocycles. The van der Waals surface area contributed by atoms with Crippen LogP contribution in [0.5, 0.6) is 0 Å². The number of hydrogen-bond donors (Lipinski definition) is 1. The molecular weight excluding hydrogens is 290 g/mol. The van der Waals surface area contributed by atoms with Gasteiger partial charge in [0.1, 0.15) is 11.6 Å². The molecule has 0 aromatic heterocycles. The molecule has 0 unspecified atom stereocenters. The van der Waals surface area contributed by atoms with Gasteiger partial charge in [0.15, 0.2) is 0 Å². The first-order valence-corrected chi connectivity index (χ1v) is 7.43. The van der Waals surface area contributed by atoms with Gasteiger partial charge in [-0.3, -0.25) is 9.59 Å². The lowest BCUT2D eigenvalue weighted by Gasteiger charge is -2.32. The van der Waals surface area contributed by atoms with E-state index in [0.29, 0.717) is 25.9 Å². The van der Waals surface area contributed by atoms with Crippen LogP contribution in [0.25, 0.3) is 0 Å². The van der Waals surface area contributed by atoms with Crippen molar-refractivity contribution in [1.82, 2.24) is 4.90 Å². The minimum Gasteiger partial charge on any atom is -0.342 e.